The molecule has 0 unspecified atom stereocenters. The first-order chi connectivity index (χ1) is 5.49. The smallest absolute Gasteiger partial charge is 1.00 e. The van der Waals surface area contributed by atoms with Crippen molar-refractivity contribution in [1.29, 1.82) is 0 Å². The fourth-order valence-corrected chi connectivity index (χ4v) is 0.370. The Morgan fingerprint density at radius 2 is 1.77 bits per heavy atom. The second kappa shape index (κ2) is 7.06. The molecule has 0 saturated heterocycles. The van der Waals surface area contributed by atoms with Crippen molar-refractivity contribution in [3.8, 4) is 0 Å². The molecule has 13 heavy (non-hydrogen) atoms. The number of carbonyl (C=O) groups is 2. The first-order valence-electron chi connectivity index (χ1n) is 3.54. The molecule has 0 saturated carbocycles. The number of hydrogen-bond donors (Lipinski definition) is 0. The molecule has 0 aliphatic carbocycles. The van der Waals surface area contributed by atoms with E-state index in [0.717, 1.165) is 0 Å². The molecule has 0 fully saturated rings. The van der Waals surface area contributed by atoms with Gasteiger partial charge >= 0.3 is 41.5 Å². The molecule has 0 radical (unpaired) electrons. The first-order valence-corrected chi connectivity index (χ1v) is 3.54. The fourth-order valence-electron chi connectivity index (χ4n) is 0.370. The summed E-state index contributed by atoms with van der Waals surface area (Å²) in [5.41, 5.74) is 0.622. The zero-order valence-electron chi connectivity index (χ0n) is 9.51. The number of hydrogen-bond acceptors (Lipinski definition) is 3. The van der Waals surface area contributed by atoms with E-state index in [0.29, 0.717) is 5.57 Å². The predicted molar refractivity (Wildman–Crippen MR) is 46.5 cm³/mol. The van der Waals surface area contributed by atoms with Crippen LogP contribution in [-0.4, -0.2) is 11.9 Å². The maximum atomic E-state index is 10.9. The van der Waals surface area contributed by atoms with Crippen LogP contribution >= 0.6 is 0 Å². The van der Waals surface area contributed by atoms with Crippen molar-refractivity contribution >= 4 is 11.9 Å². The Kier molecular flexibility index (Phi) is 8.21. The van der Waals surface area contributed by atoms with Gasteiger partial charge in [-0.15, -0.1) is 0 Å². The molecule has 0 atom stereocenters. The van der Waals surface area contributed by atoms with Crippen LogP contribution in [0.15, 0.2) is 23.8 Å². The topological polar surface area (TPSA) is 43.4 Å². The minimum atomic E-state index is -0.679. The SMILES string of the molecule is C=C(C)C(=O)OC(=O)C(C)=CC.[H-].[Na+]. The number of carbonyl (C=O) groups excluding carboxylic acids is 2. The molecule has 0 amide bonds. The average molecular weight is 192 g/mol. The van der Waals surface area contributed by atoms with Gasteiger partial charge in [-0.1, -0.05) is 12.7 Å². The van der Waals surface area contributed by atoms with Gasteiger partial charge in [0.15, 0.2) is 0 Å². The van der Waals surface area contributed by atoms with E-state index in [1.807, 2.05) is 0 Å². The van der Waals surface area contributed by atoms with E-state index in [2.05, 4.69) is 11.3 Å². The van der Waals surface area contributed by atoms with Crippen molar-refractivity contribution < 1.29 is 45.3 Å². The standard InChI is InChI=1S/C9H12O3.Na.H/c1-5-7(4)9(11)12-8(10)6(2)3;;/h5H,2H2,1,3-4H3;;/q;+1;-1. The van der Waals surface area contributed by atoms with Gasteiger partial charge in [0.1, 0.15) is 0 Å². The third-order valence-corrected chi connectivity index (χ3v) is 1.29. The predicted octanol–water partition coefficient (Wildman–Crippen LogP) is -1.28. The average Bonchev–Trinajstić information content (AvgIpc) is 2.02. The van der Waals surface area contributed by atoms with Crippen molar-refractivity contribution in [2.45, 2.75) is 20.8 Å². The Hall–Kier alpha value is -0.380. The molecule has 0 N–H and O–H groups in total. The van der Waals surface area contributed by atoms with Crippen LogP contribution in [-0.2, 0) is 14.3 Å². The van der Waals surface area contributed by atoms with Gasteiger partial charge in [0.05, 0.1) is 0 Å². The molecule has 68 valence electrons. The Morgan fingerprint density at radius 3 is 2.08 bits per heavy atom. The van der Waals surface area contributed by atoms with Crippen molar-refractivity contribution in [3.63, 3.8) is 0 Å². The molecule has 3 nitrogen and oxygen atoms in total. The van der Waals surface area contributed by atoms with E-state index in [1.165, 1.54) is 6.92 Å². The van der Waals surface area contributed by atoms with Crippen molar-refractivity contribution in [1.82, 2.24) is 0 Å². The summed E-state index contributed by atoms with van der Waals surface area (Å²) in [6.45, 7) is 8.11. The van der Waals surface area contributed by atoms with Crippen LogP contribution in [0, 0.1) is 0 Å². The fraction of sp³-hybridized carbons (Fsp3) is 0.333. The normalized spacial score (nSPS) is 9.92. The van der Waals surface area contributed by atoms with Gasteiger partial charge in [0.2, 0.25) is 0 Å². The Labute approximate surface area is 102 Å². The van der Waals surface area contributed by atoms with Gasteiger partial charge in [0, 0.05) is 11.1 Å². The van der Waals surface area contributed by atoms with Crippen LogP contribution in [0.25, 0.3) is 0 Å². The Bertz CT molecular complexity index is 259. The second-order valence-electron chi connectivity index (χ2n) is 2.43. The molecule has 0 aromatic rings. The third kappa shape index (κ3) is 5.80. The second-order valence-corrected chi connectivity index (χ2v) is 2.43. The number of ether oxygens (including phenoxy) is 1. The van der Waals surface area contributed by atoms with Gasteiger partial charge in [-0.3, -0.25) is 0 Å². The van der Waals surface area contributed by atoms with Crippen LogP contribution < -0.4 is 29.6 Å². The van der Waals surface area contributed by atoms with E-state index in [1.54, 1.807) is 19.9 Å². The van der Waals surface area contributed by atoms with Gasteiger partial charge in [-0.25, -0.2) is 9.59 Å². The summed E-state index contributed by atoms with van der Waals surface area (Å²) in [7, 11) is 0. The van der Waals surface area contributed by atoms with Crippen LogP contribution in [0.1, 0.15) is 22.2 Å². The Balaban J connectivity index is -0.000000605. The molecule has 0 rings (SSSR count). The summed E-state index contributed by atoms with van der Waals surface area (Å²) >= 11 is 0. The molecular weight excluding hydrogens is 179 g/mol. The maximum Gasteiger partial charge on any atom is 1.00 e. The monoisotopic (exact) mass is 192 g/mol. The first kappa shape index (κ1) is 15.1. The summed E-state index contributed by atoms with van der Waals surface area (Å²) in [4.78, 5) is 21.7. The molecule has 0 aromatic carbocycles. The molecule has 0 aliphatic rings. The van der Waals surface area contributed by atoms with Crippen LogP contribution in [0.3, 0.4) is 0 Å². The summed E-state index contributed by atoms with van der Waals surface area (Å²) < 4.78 is 4.42. The number of rotatable bonds is 2. The maximum absolute atomic E-state index is 10.9. The van der Waals surface area contributed by atoms with Gasteiger partial charge in [-0.2, -0.15) is 0 Å². The van der Waals surface area contributed by atoms with Gasteiger partial charge < -0.3 is 6.16 Å². The zero-order valence-corrected chi connectivity index (χ0v) is 10.5. The molecule has 4 heteroatoms. The van der Waals surface area contributed by atoms with Gasteiger partial charge in [-0.05, 0) is 20.8 Å². The number of esters is 2. The quantitative estimate of drug-likeness (QED) is 0.237. The molecule has 0 aliphatic heterocycles. The van der Waals surface area contributed by atoms with E-state index in [4.69, 9.17) is 0 Å². The molecular formula is C9H13NaO3. The Morgan fingerprint density at radius 1 is 1.31 bits per heavy atom. The number of allylic oxidation sites excluding steroid dienone is 1. The van der Waals surface area contributed by atoms with E-state index >= 15 is 0 Å². The summed E-state index contributed by atoms with van der Waals surface area (Å²) in [6.07, 6.45) is 1.58. The molecule has 0 heterocycles. The third-order valence-electron chi connectivity index (χ3n) is 1.29. The molecule has 0 aromatic heterocycles. The van der Waals surface area contributed by atoms with Crippen LogP contribution in [0.2, 0.25) is 0 Å². The molecule has 0 spiro atoms. The zero-order chi connectivity index (χ0) is 9.72. The van der Waals surface area contributed by atoms with Crippen molar-refractivity contribution in [2.75, 3.05) is 0 Å². The van der Waals surface area contributed by atoms with Crippen LogP contribution in [0.5, 0.6) is 0 Å². The van der Waals surface area contributed by atoms with Crippen LogP contribution in [0.4, 0.5) is 0 Å². The van der Waals surface area contributed by atoms with Crippen molar-refractivity contribution in [3.05, 3.63) is 23.8 Å². The summed E-state index contributed by atoms with van der Waals surface area (Å²) in [6, 6.07) is 0. The van der Waals surface area contributed by atoms with Gasteiger partial charge in [0.25, 0.3) is 0 Å². The summed E-state index contributed by atoms with van der Waals surface area (Å²) in [5.74, 6) is -1.30. The summed E-state index contributed by atoms with van der Waals surface area (Å²) in [5, 5.41) is 0. The minimum absolute atomic E-state index is 0. The van der Waals surface area contributed by atoms with E-state index in [9.17, 15) is 9.59 Å². The minimum Gasteiger partial charge on any atom is -1.00 e. The molecule has 0 bridgehead atoms. The van der Waals surface area contributed by atoms with E-state index in [-0.39, 0.29) is 36.6 Å². The largest absolute Gasteiger partial charge is 1.00 e. The van der Waals surface area contributed by atoms with E-state index < -0.39 is 11.9 Å². The van der Waals surface area contributed by atoms with Crippen molar-refractivity contribution in [2.24, 2.45) is 0 Å².